The molecule has 0 aliphatic heterocycles. The van der Waals surface area contributed by atoms with Crippen molar-refractivity contribution in [3.8, 4) is 0 Å². The maximum atomic E-state index is 12.0. The fourth-order valence-electron chi connectivity index (χ4n) is 3.08. The molecule has 3 rings (SSSR count). The predicted octanol–water partition coefficient (Wildman–Crippen LogP) is 5.45. The van der Waals surface area contributed by atoms with Gasteiger partial charge in [-0.15, -0.1) is 0 Å². The fraction of sp³-hybridized carbons (Fsp3) is 0.364. The van der Waals surface area contributed by atoms with Crippen molar-refractivity contribution in [3.63, 3.8) is 0 Å². The Hall–Kier alpha value is -2.42. The summed E-state index contributed by atoms with van der Waals surface area (Å²) in [6, 6.07) is 16.2. The number of nitrogens with zero attached hydrogens (tertiary/aromatic N) is 1. The van der Waals surface area contributed by atoms with E-state index < -0.39 is 5.97 Å². The molecule has 2 aromatic carbocycles. The van der Waals surface area contributed by atoms with E-state index in [1.54, 1.807) is 12.1 Å². The highest BCUT2D eigenvalue weighted by Gasteiger charge is 2.40. The molecule has 0 heterocycles. The van der Waals surface area contributed by atoms with Crippen molar-refractivity contribution >= 4 is 11.7 Å². The first kappa shape index (κ1) is 17.4. The zero-order valence-corrected chi connectivity index (χ0v) is 15.3. The molecule has 0 N–H and O–H groups in total. The van der Waals surface area contributed by atoms with Gasteiger partial charge in [-0.25, -0.2) is 4.79 Å². The lowest BCUT2D eigenvalue weighted by Gasteiger charge is -2.06. The summed E-state index contributed by atoms with van der Waals surface area (Å²) in [4.78, 5) is 17.1. The van der Waals surface area contributed by atoms with Crippen molar-refractivity contribution in [1.82, 2.24) is 0 Å². The Morgan fingerprint density at radius 1 is 1.08 bits per heavy atom. The van der Waals surface area contributed by atoms with Gasteiger partial charge in [0.15, 0.2) is 0 Å². The molecule has 0 unspecified atom stereocenters. The van der Waals surface area contributed by atoms with Gasteiger partial charge in [0.25, 0.3) is 0 Å². The second kappa shape index (κ2) is 7.22. The van der Waals surface area contributed by atoms with Crippen molar-refractivity contribution in [2.75, 3.05) is 0 Å². The number of carbonyl (C=O) groups excluding carboxylic acids is 1. The molecule has 0 radical (unpaired) electrons. The van der Waals surface area contributed by atoms with Crippen LogP contribution in [0, 0.1) is 12.8 Å². The van der Waals surface area contributed by atoms with Crippen LogP contribution in [0.4, 0.5) is 0 Å². The van der Waals surface area contributed by atoms with E-state index in [0.29, 0.717) is 23.3 Å². The van der Waals surface area contributed by atoms with Gasteiger partial charge in [0.1, 0.15) is 0 Å². The van der Waals surface area contributed by atoms with Crippen LogP contribution in [0.25, 0.3) is 0 Å². The lowest BCUT2D eigenvalue weighted by molar-refractivity contribution is 0.0514. The molecule has 1 aliphatic rings. The summed E-state index contributed by atoms with van der Waals surface area (Å²) in [5.74, 6) is 1.00. The van der Waals surface area contributed by atoms with E-state index in [-0.39, 0.29) is 0 Å². The number of carbonyl (C=O) groups is 1. The third kappa shape index (κ3) is 4.16. The predicted molar refractivity (Wildman–Crippen MR) is 101 cm³/mol. The van der Waals surface area contributed by atoms with Crippen LogP contribution in [0.1, 0.15) is 66.1 Å². The second-order valence-corrected chi connectivity index (χ2v) is 7.25. The summed E-state index contributed by atoms with van der Waals surface area (Å²) in [6.07, 6.45) is 1.07. The summed E-state index contributed by atoms with van der Waals surface area (Å²) in [6.45, 7) is 8.33. The molecule has 0 aromatic heterocycles. The number of rotatable bonds is 5. The van der Waals surface area contributed by atoms with Crippen molar-refractivity contribution in [2.45, 2.75) is 46.0 Å². The molecule has 0 saturated heterocycles. The quantitative estimate of drug-likeness (QED) is 0.414. The van der Waals surface area contributed by atoms with Crippen LogP contribution in [0.5, 0.6) is 0 Å². The van der Waals surface area contributed by atoms with Crippen molar-refractivity contribution in [1.29, 1.82) is 0 Å². The van der Waals surface area contributed by atoms with E-state index in [9.17, 15) is 4.79 Å². The molecule has 0 spiro atoms. The smallest absolute Gasteiger partial charge is 0.313 e. The highest BCUT2D eigenvalue weighted by molar-refractivity contribution is 5.91. The molecule has 3 heteroatoms. The van der Waals surface area contributed by atoms with Gasteiger partial charge in [0.2, 0.25) is 0 Å². The Kier molecular flexibility index (Phi) is 5.03. The van der Waals surface area contributed by atoms with Gasteiger partial charge in [-0.3, -0.25) is 0 Å². The highest BCUT2D eigenvalue weighted by Crippen LogP contribution is 2.48. The van der Waals surface area contributed by atoms with Gasteiger partial charge in [0.05, 0.1) is 11.3 Å². The largest absolute Gasteiger partial charge is 0.365 e. The lowest BCUT2D eigenvalue weighted by atomic mass is 9.99. The monoisotopic (exact) mass is 335 g/mol. The van der Waals surface area contributed by atoms with Gasteiger partial charge < -0.3 is 4.84 Å². The standard InChI is InChI=1S/C22H25NO2/c1-14(2)17-9-11-18(12-10-17)21-13-20(21)16(4)23-25-22(24)19-7-5-15(3)6-8-19/h5-12,14,20-21H,13H2,1-4H3/b23-16-/t20-,21+/m0/s1. The Bertz CT molecular complexity index is 773. The lowest BCUT2D eigenvalue weighted by Crippen LogP contribution is -2.04. The SMILES string of the molecule is C/C(=N/OC(=O)c1ccc(C)cc1)[C@@H]1C[C@@H]1c1ccc(C(C)C)cc1. The molecular formula is C22H25NO2. The molecule has 1 fully saturated rings. The first-order valence-electron chi connectivity index (χ1n) is 8.88. The minimum Gasteiger partial charge on any atom is -0.313 e. The molecule has 25 heavy (non-hydrogen) atoms. The average molecular weight is 335 g/mol. The maximum absolute atomic E-state index is 12.0. The topological polar surface area (TPSA) is 38.7 Å². The summed E-state index contributed by atoms with van der Waals surface area (Å²) in [5, 5.41) is 4.07. The van der Waals surface area contributed by atoms with Crippen LogP contribution >= 0.6 is 0 Å². The van der Waals surface area contributed by atoms with Crippen LogP contribution in [-0.2, 0) is 4.84 Å². The minimum atomic E-state index is -0.405. The van der Waals surface area contributed by atoms with Crippen molar-refractivity contribution in [2.24, 2.45) is 11.1 Å². The van der Waals surface area contributed by atoms with Gasteiger partial charge in [-0.1, -0.05) is 61.0 Å². The van der Waals surface area contributed by atoms with E-state index in [1.165, 1.54) is 11.1 Å². The van der Waals surface area contributed by atoms with Gasteiger partial charge >= 0.3 is 5.97 Å². The van der Waals surface area contributed by atoms with Crippen molar-refractivity contribution < 1.29 is 9.63 Å². The number of hydrogen-bond acceptors (Lipinski definition) is 3. The Morgan fingerprint density at radius 2 is 1.72 bits per heavy atom. The first-order chi connectivity index (χ1) is 12.0. The number of hydrogen-bond donors (Lipinski definition) is 0. The van der Waals surface area contributed by atoms with Gasteiger partial charge in [-0.05, 0) is 55.4 Å². The second-order valence-electron chi connectivity index (χ2n) is 7.25. The third-order valence-corrected chi connectivity index (χ3v) is 4.92. The Morgan fingerprint density at radius 3 is 2.32 bits per heavy atom. The summed E-state index contributed by atoms with van der Waals surface area (Å²) in [7, 11) is 0. The number of oxime groups is 1. The maximum Gasteiger partial charge on any atom is 0.365 e. The normalized spacial score (nSPS) is 19.8. The summed E-state index contributed by atoms with van der Waals surface area (Å²) >= 11 is 0. The van der Waals surface area contributed by atoms with Crippen molar-refractivity contribution in [3.05, 3.63) is 70.8 Å². The third-order valence-electron chi connectivity index (χ3n) is 4.92. The molecule has 3 nitrogen and oxygen atoms in total. The van der Waals surface area contributed by atoms with E-state index in [4.69, 9.17) is 4.84 Å². The van der Waals surface area contributed by atoms with E-state index >= 15 is 0 Å². The van der Waals surface area contributed by atoms with E-state index in [2.05, 4.69) is 43.3 Å². The summed E-state index contributed by atoms with van der Waals surface area (Å²) < 4.78 is 0. The minimum absolute atomic E-state index is 0.371. The van der Waals surface area contributed by atoms with Crippen LogP contribution in [0.3, 0.4) is 0 Å². The number of benzene rings is 2. The molecule has 2 aromatic rings. The molecule has 1 saturated carbocycles. The first-order valence-corrected chi connectivity index (χ1v) is 8.88. The molecule has 0 amide bonds. The van der Waals surface area contributed by atoms with E-state index in [0.717, 1.165) is 17.7 Å². The zero-order valence-electron chi connectivity index (χ0n) is 15.3. The molecule has 130 valence electrons. The molecular weight excluding hydrogens is 310 g/mol. The summed E-state index contributed by atoms with van der Waals surface area (Å²) in [5.41, 5.74) is 5.23. The zero-order chi connectivity index (χ0) is 18.0. The van der Waals surface area contributed by atoms with Crippen LogP contribution in [0.2, 0.25) is 0 Å². The average Bonchev–Trinajstić information content (AvgIpc) is 3.41. The van der Waals surface area contributed by atoms with Gasteiger partial charge in [0, 0.05) is 5.92 Å². The fourth-order valence-corrected chi connectivity index (χ4v) is 3.08. The molecule has 0 bridgehead atoms. The Labute approximate surface area is 149 Å². The molecule has 2 atom stereocenters. The van der Waals surface area contributed by atoms with Crippen LogP contribution < -0.4 is 0 Å². The highest BCUT2D eigenvalue weighted by atomic mass is 16.7. The number of aryl methyl sites for hydroxylation is 1. The Balaban J connectivity index is 1.58. The molecule has 1 aliphatic carbocycles. The van der Waals surface area contributed by atoms with Crippen LogP contribution in [0.15, 0.2) is 53.7 Å². The van der Waals surface area contributed by atoms with Gasteiger partial charge in [-0.2, -0.15) is 0 Å². The van der Waals surface area contributed by atoms with E-state index in [1.807, 2.05) is 26.0 Å². The van der Waals surface area contributed by atoms with Crippen LogP contribution in [-0.4, -0.2) is 11.7 Å².